The average Bonchev–Trinajstić information content (AvgIpc) is 3.66. The Kier molecular flexibility index (Phi) is 8.76. The monoisotopic (exact) mass is 715 g/mol. The first-order valence-corrected chi connectivity index (χ1v) is 17.6. The number of fused-ring (bicyclic) bond motifs is 2. The van der Waals surface area contributed by atoms with Gasteiger partial charge in [-0.15, -0.1) is 0 Å². The highest BCUT2D eigenvalue weighted by atomic mass is 19.4. The minimum Gasteiger partial charge on any atom is -0.385 e. The number of benzene rings is 2. The minimum atomic E-state index is -4.66. The largest absolute Gasteiger partial charge is 0.435 e. The Hall–Kier alpha value is -5.18. The molecule has 4 aliphatic rings. The summed E-state index contributed by atoms with van der Waals surface area (Å²) >= 11 is 0. The minimum absolute atomic E-state index is 0.0502. The van der Waals surface area contributed by atoms with E-state index in [2.05, 4.69) is 25.7 Å². The number of anilines is 1. The molecule has 0 radical (unpaired) electrons. The third-order valence-corrected chi connectivity index (χ3v) is 10.7. The van der Waals surface area contributed by atoms with Crippen LogP contribution in [0.4, 0.5) is 18.9 Å². The van der Waals surface area contributed by atoms with Crippen LogP contribution in [-0.4, -0.2) is 74.1 Å². The van der Waals surface area contributed by atoms with Gasteiger partial charge in [-0.05, 0) is 92.7 Å². The number of hydrogen-bond donors (Lipinski definition) is 2. The highest BCUT2D eigenvalue weighted by molar-refractivity contribution is 6.23. The molecule has 8 rings (SSSR count). The van der Waals surface area contributed by atoms with Gasteiger partial charge in [0.25, 0.3) is 11.8 Å². The number of nitrogens with zero attached hydrogens (tertiary/aromatic N) is 5. The van der Waals surface area contributed by atoms with Crippen molar-refractivity contribution in [3.63, 3.8) is 0 Å². The van der Waals surface area contributed by atoms with Gasteiger partial charge in [0, 0.05) is 38.1 Å². The number of alkyl halides is 3. The van der Waals surface area contributed by atoms with E-state index in [1.807, 2.05) is 18.2 Å². The van der Waals surface area contributed by atoms with E-state index in [-0.39, 0.29) is 41.3 Å². The molecule has 1 atom stereocenters. The quantitative estimate of drug-likeness (QED) is 0.166. The predicted octanol–water partition coefficient (Wildman–Crippen LogP) is 5.65. The van der Waals surface area contributed by atoms with Crippen LogP contribution in [0.3, 0.4) is 0 Å². The number of amides is 4. The fourth-order valence-electron chi connectivity index (χ4n) is 7.78. The van der Waals surface area contributed by atoms with Crippen molar-refractivity contribution in [2.75, 3.05) is 25.1 Å². The van der Waals surface area contributed by atoms with Crippen molar-refractivity contribution in [1.82, 2.24) is 30.0 Å². The number of carbonyl (C=O) groups excluding carboxylic acids is 4. The molecule has 4 amide bonds. The number of carbonyl (C=O) groups is 4. The molecule has 1 unspecified atom stereocenters. The van der Waals surface area contributed by atoms with Crippen LogP contribution in [0.25, 0.3) is 22.3 Å². The first kappa shape index (κ1) is 33.9. The van der Waals surface area contributed by atoms with Crippen LogP contribution in [0.5, 0.6) is 0 Å². The third kappa shape index (κ3) is 6.42. The average molecular weight is 716 g/mol. The van der Waals surface area contributed by atoms with Crippen molar-refractivity contribution < 1.29 is 37.1 Å². The lowest BCUT2D eigenvalue weighted by atomic mass is 9.77. The van der Waals surface area contributed by atoms with Gasteiger partial charge >= 0.3 is 6.18 Å². The Labute approximate surface area is 296 Å². The number of piperidine rings is 1. The van der Waals surface area contributed by atoms with Gasteiger partial charge in [-0.1, -0.05) is 6.07 Å². The molecule has 52 heavy (non-hydrogen) atoms. The summed E-state index contributed by atoms with van der Waals surface area (Å²) in [5, 5.41) is 9.48. The topological polar surface area (TPSA) is 148 Å². The maximum atomic E-state index is 14.2. The second kappa shape index (κ2) is 13.4. The van der Waals surface area contributed by atoms with E-state index >= 15 is 0 Å². The van der Waals surface area contributed by atoms with Crippen molar-refractivity contribution in [3.05, 3.63) is 71.2 Å². The van der Waals surface area contributed by atoms with Gasteiger partial charge in [-0.2, -0.15) is 18.3 Å². The van der Waals surface area contributed by atoms with Crippen molar-refractivity contribution in [1.29, 1.82) is 0 Å². The fraction of sp³-hybridized carbons (Fsp3) is 0.432. The van der Waals surface area contributed by atoms with E-state index in [4.69, 9.17) is 4.74 Å². The molecule has 2 aromatic heterocycles. The summed E-state index contributed by atoms with van der Waals surface area (Å²) in [4.78, 5) is 59.9. The van der Waals surface area contributed by atoms with E-state index in [1.54, 1.807) is 18.2 Å². The zero-order valence-electron chi connectivity index (χ0n) is 28.1. The zero-order valence-corrected chi connectivity index (χ0v) is 28.1. The van der Waals surface area contributed by atoms with E-state index < -0.39 is 41.5 Å². The molecule has 5 heterocycles. The SMILES string of the molecule is O=C1CCC(N2C(=O)c3ccc(NCCCC4CC(n5cc(-c6cnc7ccc(C8CCOCC8)cc7n6)c(C(F)(F)F)n5)C4)cc3C2=O)C(=O)N1. The number of nitrogens with one attached hydrogen (secondary N) is 2. The van der Waals surface area contributed by atoms with Crippen LogP contribution in [0, 0.1) is 5.92 Å². The van der Waals surface area contributed by atoms with Gasteiger partial charge in [0.2, 0.25) is 11.8 Å². The Morgan fingerprint density at radius 2 is 1.71 bits per heavy atom. The number of rotatable bonds is 9. The molecule has 12 nitrogen and oxygen atoms in total. The summed E-state index contributed by atoms with van der Waals surface area (Å²) in [5.74, 6) is -1.58. The maximum absolute atomic E-state index is 14.2. The van der Waals surface area contributed by atoms with Crippen molar-refractivity contribution in [2.45, 2.75) is 75.5 Å². The van der Waals surface area contributed by atoms with Crippen molar-refractivity contribution >= 4 is 40.3 Å². The molecule has 0 bridgehead atoms. The summed E-state index contributed by atoms with van der Waals surface area (Å²) in [6.07, 6.45) is 3.11. The molecule has 0 spiro atoms. The molecule has 15 heteroatoms. The molecule has 2 aromatic carbocycles. The molecular formula is C37H36F3N7O5. The molecule has 1 saturated carbocycles. The Bertz CT molecular complexity index is 2090. The van der Waals surface area contributed by atoms with Crippen molar-refractivity contribution in [3.8, 4) is 11.3 Å². The molecule has 3 aliphatic heterocycles. The molecule has 2 saturated heterocycles. The highest BCUT2D eigenvalue weighted by Gasteiger charge is 2.45. The number of ether oxygens (including phenoxy) is 1. The van der Waals surface area contributed by atoms with Crippen LogP contribution >= 0.6 is 0 Å². The summed E-state index contributed by atoms with van der Waals surface area (Å²) in [6, 6.07) is 9.47. The van der Waals surface area contributed by atoms with Crippen molar-refractivity contribution in [2.24, 2.45) is 5.92 Å². The predicted molar refractivity (Wildman–Crippen MR) is 181 cm³/mol. The van der Waals surface area contributed by atoms with E-state index in [0.717, 1.165) is 36.1 Å². The molecule has 270 valence electrons. The summed E-state index contributed by atoms with van der Waals surface area (Å²) in [5.41, 5.74) is 2.40. The molecule has 1 aliphatic carbocycles. The number of imide groups is 2. The first-order chi connectivity index (χ1) is 25.0. The summed E-state index contributed by atoms with van der Waals surface area (Å²) in [7, 11) is 0. The lowest BCUT2D eigenvalue weighted by Crippen LogP contribution is -2.54. The van der Waals surface area contributed by atoms with Crippen LogP contribution in [0.15, 0.2) is 48.8 Å². The van der Waals surface area contributed by atoms with Crippen LogP contribution in [-0.2, 0) is 20.5 Å². The van der Waals surface area contributed by atoms with Gasteiger partial charge in [0.1, 0.15) is 6.04 Å². The smallest absolute Gasteiger partial charge is 0.385 e. The van der Waals surface area contributed by atoms with E-state index in [9.17, 15) is 32.3 Å². The second-order valence-corrected chi connectivity index (χ2v) is 14.0. The van der Waals surface area contributed by atoms with E-state index in [0.29, 0.717) is 61.2 Å². The number of aromatic nitrogens is 4. The van der Waals surface area contributed by atoms with Gasteiger partial charge < -0.3 is 10.1 Å². The molecular weight excluding hydrogens is 679 g/mol. The van der Waals surface area contributed by atoms with Gasteiger partial charge in [0.15, 0.2) is 5.69 Å². The lowest BCUT2D eigenvalue weighted by molar-refractivity contribution is -0.141. The highest BCUT2D eigenvalue weighted by Crippen LogP contribution is 2.43. The van der Waals surface area contributed by atoms with Crippen LogP contribution in [0.1, 0.15) is 95.3 Å². The first-order valence-electron chi connectivity index (χ1n) is 17.6. The standard InChI is InChI=1S/C37H36F3N7O5/c38-37(39,40)33-27(30-18-42-28-6-3-22(16-29(28)43-30)21-9-12-52-13-10-21)19-46(45-33)24-14-20(15-24)2-1-11-41-23-4-5-25-26(17-23)36(51)47(35(25)50)31-7-8-32(48)44-34(31)49/h3-6,16-21,24,31,41H,1-2,7-15H2,(H,44,48,49). The van der Waals surface area contributed by atoms with Gasteiger partial charge in [-0.25, -0.2) is 4.98 Å². The van der Waals surface area contributed by atoms with Crippen LogP contribution in [0.2, 0.25) is 0 Å². The Balaban J connectivity index is 0.873. The lowest BCUT2D eigenvalue weighted by Gasteiger charge is -2.35. The Morgan fingerprint density at radius 3 is 2.48 bits per heavy atom. The Morgan fingerprint density at radius 1 is 0.923 bits per heavy atom. The zero-order chi connectivity index (χ0) is 36.1. The molecule has 3 fully saturated rings. The third-order valence-electron chi connectivity index (χ3n) is 10.7. The van der Waals surface area contributed by atoms with Gasteiger partial charge in [0.05, 0.1) is 45.7 Å². The fourth-order valence-corrected chi connectivity index (χ4v) is 7.78. The molecule has 2 N–H and O–H groups in total. The van der Waals surface area contributed by atoms with Crippen LogP contribution < -0.4 is 10.6 Å². The maximum Gasteiger partial charge on any atom is 0.435 e. The number of halogens is 3. The number of hydrogen-bond acceptors (Lipinski definition) is 9. The molecule has 4 aromatic rings. The summed E-state index contributed by atoms with van der Waals surface area (Å²) in [6.45, 7) is 1.94. The normalized spacial score (nSPS) is 22.4. The van der Waals surface area contributed by atoms with Gasteiger partial charge in [-0.3, -0.25) is 39.1 Å². The van der Waals surface area contributed by atoms with E-state index in [1.165, 1.54) is 17.1 Å². The second-order valence-electron chi connectivity index (χ2n) is 14.0. The summed E-state index contributed by atoms with van der Waals surface area (Å²) < 4.78 is 49.5.